The molecule has 1 aromatic heterocycles. The molecule has 41 heavy (non-hydrogen) atoms. The van der Waals surface area contributed by atoms with Gasteiger partial charge in [-0.3, -0.25) is 4.90 Å². The van der Waals surface area contributed by atoms with E-state index in [0.29, 0.717) is 6.04 Å². The number of benzene rings is 2. The highest BCUT2D eigenvalue weighted by Gasteiger charge is 2.36. The van der Waals surface area contributed by atoms with Gasteiger partial charge in [-0.15, -0.1) is 24.8 Å². The van der Waals surface area contributed by atoms with Crippen LogP contribution in [0.25, 0.3) is 0 Å². The maximum Gasteiger partial charge on any atom is 0.421 e. The Kier molecular flexibility index (Phi) is 11.7. The molecule has 1 fully saturated rings. The third kappa shape index (κ3) is 8.70. The third-order valence-electron chi connectivity index (χ3n) is 7.99. The molecule has 0 spiro atoms. The first-order valence-electron chi connectivity index (χ1n) is 13.8. The van der Waals surface area contributed by atoms with Crippen molar-refractivity contribution < 1.29 is 13.2 Å². The van der Waals surface area contributed by atoms with Crippen LogP contribution in [0.4, 0.5) is 30.6 Å². The van der Waals surface area contributed by atoms with Gasteiger partial charge in [-0.1, -0.05) is 36.4 Å². The summed E-state index contributed by atoms with van der Waals surface area (Å²) in [7, 11) is 4.09. The molecule has 0 saturated heterocycles. The fourth-order valence-electron chi connectivity index (χ4n) is 5.64. The molecule has 0 atom stereocenters. The Labute approximate surface area is 253 Å². The number of nitrogens with zero attached hydrogens (tertiary/aromatic N) is 4. The molecule has 6 nitrogen and oxygen atoms in total. The van der Waals surface area contributed by atoms with Crippen molar-refractivity contribution in [2.75, 3.05) is 37.8 Å². The van der Waals surface area contributed by atoms with Crippen molar-refractivity contribution in [3.63, 3.8) is 0 Å². The summed E-state index contributed by atoms with van der Waals surface area (Å²) < 4.78 is 41.2. The molecule has 2 aromatic carbocycles. The van der Waals surface area contributed by atoms with E-state index in [0.717, 1.165) is 70.0 Å². The zero-order chi connectivity index (χ0) is 27.4. The van der Waals surface area contributed by atoms with Crippen LogP contribution >= 0.6 is 24.8 Å². The van der Waals surface area contributed by atoms with E-state index in [4.69, 9.17) is 0 Å². The number of rotatable bonds is 7. The van der Waals surface area contributed by atoms with Crippen molar-refractivity contribution in [2.45, 2.75) is 63.3 Å². The highest BCUT2D eigenvalue weighted by molar-refractivity contribution is 5.85. The summed E-state index contributed by atoms with van der Waals surface area (Å²) >= 11 is 0. The molecule has 11 heteroatoms. The van der Waals surface area contributed by atoms with Crippen LogP contribution in [0, 0.1) is 0 Å². The number of alkyl halides is 3. The number of anilines is 3. The number of halogens is 5. The van der Waals surface area contributed by atoms with E-state index in [-0.39, 0.29) is 42.6 Å². The van der Waals surface area contributed by atoms with E-state index in [1.807, 2.05) is 38.4 Å². The van der Waals surface area contributed by atoms with Crippen LogP contribution in [-0.4, -0.2) is 59.0 Å². The van der Waals surface area contributed by atoms with Crippen molar-refractivity contribution in [1.82, 2.24) is 19.8 Å². The van der Waals surface area contributed by atoms with E-state index in [2.05, 4.69) is 54.7 Å². The summed E-state index contributed by atoms with van der Waals surface area (Å²) in [6, 6.07) is 17.0. The van der Waals surface area contributed by atoms with Gasteiger partial charge >= 0.3 is 6.18 Å². The maximum atomic E-state index is 13.7. The minimum atomic E-state index is -4.53. The van der Waals surface area contributed by atoms with Crippen LogP contribution in [0.2, 0.25) is 0 Å². The second-order valence-corrected chi connectivity index (χ2v) is 10.9. The van der Waals surface area contributed by atoms with Gasteiger partial charge in [0.2, 0.25) is 5.95 Å². The molecule has 224 valence electrons. The lowest BCUT2D eigenvalue weighted by atomic mass is 9.90. The fourth-order valence-corrected chi connectivity index (χ4v) is 5.64. The summed E-state index contributed by atoms with van der Waals surface area (Å²) in [4.78, 5) is 12.9. The first kappa shape index (κ1) is 32.9. The van der Waals surface area contributed by atoms with E-state index in [9.17, 15) is 13.2 Å². The van der Waals surface area contributed by atoms with Crippen molar-refractivity contribution in [2.24, 2.45) is 0 Å². The van der Waals surface area contributed by atoms with Gasteiger partial charge < -0.3 is 15.5 Å². The number of hydrogen-bond donors (Lipinski definition) is 2. The largest absolute Gasteiger partial charge is 0.421 e. The average Bonchev–Trinajstić information content (AvgIpc) is 3.12. The van der Waals surface area contributed by atoms with Crippen LogP contribution < -0.4 is 10.6 Å². The highest BCUT2D eigenvalue weighted by Crippen LogP contribution is 2.35. The van der Waals surface area contributed by atoms with Gasteiger partial charge in [0.05, 0.1) is 0 Å². The fraction of sp³-hybridized carbons (Fsp3) is 0.467. The molecule has 5 rings (SSSR count). The van der Waals surface area contributed by atoms with Crippen molar-refractivity contribution in [3.8, 4) is 0 Å². The van der Waals surface area contributed by atoms with Gasteiger partial charge in [0.15, 0.2) is 0 Å². The van der Waals surface area contributed by atoms with Gasteiger partial charge in [-0.25, -0.2) is 4.98 Å². The molecule has 0 unspecified atom stereocenters. The Morgan fingerprint density at radius 1 is 0.902 bits per heavy atom. The minimum absolute atomic E-state index is 0. The molecule has 2 heterocycles. The highest BCUT2D eigenvalue weighted by atomic mass is 35.5. The van der Waals surface area contributed by atoms with E-state index < -0.39 is 11.7 Å². The second kappa shape index (κ2) is 14.5. The van der Waals surface area contributed by atoms with E-state index in [1.54, 1.807) is 0 Å². The lowest BCUT2D eigenvalue weighted by Gasteiger charge is -2.33. The molecule has 1 saturated carbocycles. The summed E-state index contributed by atoms with van der Waals surface area (Å²) in [6.07, 6.45) is 1.93. The maximum absolute atomic E-state index is 13.7. The van der Waals surface area contributed by atoms with E-state index in [1.165, 1.54) is 16.7 Å². The molecular weight excluding hydrogens is 572 g/mol. The SMILES string of the molecule is CN(C)C1CCC(Nc2nc(Nc3ccc(CN4CCc5ccccc5CC4)cc3)ncc2C(F)(F)F)CC1.Cl.Cl. The molecular formula is C30H39Cl2F3N6. The summed E-state index contributed by atoms with van der Waals surface area (Å²) in [5.74, 6) is -0.0161. The summed E-state index contributed by atoms with van der Waals surface area (Å²) in [6.45, 7) is 2.89. The molecule has 2 aliphatic rings. The summed E-state index contributed by atoms with van der Waals surface area (Å²) in [5.41, 5.74) is 3.96. The molecule has 3 aromatic rings. The smallest absolute Gasteiger partial charge is 0.367 e. The molecule has 1 aliphatic carbocycles. The minimum Gasteiger partial charge on any atom is -0.367 e. The van der Waals surface area contributed by atoms with Crippen molar-refractivity contribution in [1.29, 1.82) is 0 Å². The average molecular weight is 612 g/mol. The Hall–Kier alpha value is -2.59. The van der Waals surface area contributed by atoms with Gasteiger partial charge in [-0.05, 0) is 81.4 Å². The third-order valence-corrected chi connectivity index (χ3v) is 7.99. The van der Waals surface area contributed by atoms with Crippen molar-refractivity contribution in [3.05, 3.63) is 77.0 Å². The van der Waals surface area contributed by atoms with Gasteiger partial charge in [-0.2, -0.15) is 18.2 Å². The monoisotopic (exact) mass is 610 g/mol. The topological polar surface area (TPSA) is 56.3 Å². The van der Waals surface area contributed by atoms with Crippen LogP contribution in [0.15, 0.2) is 54.7 Å². The standard InChI is InChI=1S/C30H37F3N6.2ClH/c1-38(2)26-13-11-24(12-14-26)35-28-27(30(31,32)33)19-34-29(37-28)36-25-9-7-21(8-10-25)20-39-17-15-22-5-3-4-6-23(22)16-18-39;;/h3-10,19,24,26H,11-18,20H2,1-2H3,(H2,34,35,36,37);2*1H. The number of nitrogens with one attached hydrogen (secondary N) is 2. The molecule has 1 aliphatic heterocycles. The van der Waals surface area contributed by atoms with E-state index >= 15 is 0 Å². The first-order valence-corrected chi connectivity index (χ1v) is 13.8. The predicted molar refractivity (Wildman–Crippen MR) is 164 cm³/mol. The van der Waals surface area contributed by atoms with Gasteiger partial charge in [0.25, 0.3) is 0 Å². The molecule has 0 amide bonds. The van der Waals surface area contributed by atoms with Crippen molar-refractivity contribution >= 4 is 42.3 Å². The van der Waals surface area contributed by atoms with Gasteiger partial charge in [0.1, 0.15) is 11.4 Å². The van der Waals surface area contributed by atoms with Crippen LogP contribution in [-0.2, 0) is 25.6 Å². The number of fused-ring (bicyclic) bond motifs is 1. The second-order valence-electron chi connectivity index (χ2n) is 10.9. The van der Waals surface area contributed by atoms with Crippen LogP contribution in [0.1, 0.15) is 47.9 Å². The van der Waals surface area contributed by atoms with Crippen LogP contribution in [0.5, 0.6) is 0 Å². The molecule has 0 bridgehead atoms. The Balaban J connectivity index is 0.00000231. The Morgan fingerprint density at radius 2 is 1.51 bits per heavy atom. The predicted octanol–water partition coefficient (Wildman–Crippen LogP) is 6.97. The Morgan fingerprint density at radius 3 is 2.07 bits per heavy atom. The molecule has 0 radical (unpaired) electrons. The molecule has 2 N–H and O–H groups in total. The number of hydrogen-bond acceptors (Lipinski definition) is 6. The quantitative estimate of drug-likeness (QED) is 0.301. The lowest BCUT2D eigenvalue weighted by Crippen LogP contribution is -2.36. The van der Waals surface area contributed by atoms with Crippen LogP contribution in [0.3, 0.4) is 0 Å². The first-order chi connectivity index (χ1) is 18.7. The lowest BCUT2D eigenvalue weighted by molar-refractivity contribution is -0.137. The van der Waals surface area contributed by atoms with Gasteiger partial charge in [0, 0.05) is 43.6 Å². The number of aromatic nitrogens is 2. The zero-order valence-corrected chi connectivity index (χ0v) is 25.1. The Bertz CT molecular complexity index is 1220. The summed E-state index contributed by atoms with van der Waals surface area (Å²) in [5, 5.41) is 6.16. The normalized spacial score (nSPS) is 19.4. The zero-order valence-electron chi connectivity index (χ0n) is 23.5.